The first kappa shape index (κ1) is 19.3. The van der Waals surface area contributed by atoms with E-state index >= 15 is 0 Å². The van der Waals surface area contributed by atoms with Crippen LogP contribution in [0.2, 0.25) is 0 Å². The predicted octanol–water partition coefficient (Wildman–Crippen LogP) is 2.61. The summed E-state index contributed by atoms with van der Waals surface area (Å²) in [5, 5.41) is 0. The summed E-state index contributed by atoms with van der Waals surface area (Å²) >= 11 is 1.88. The van der Waals surface area contributed by atoms with Crippen LogP contribution in [0.15, 0.2) is 11.0 Å². The van der Waals surface area contributed by atoms with E-state index in [1.165, 1.54) is 43.4 Å². The summed E-state index contributed by atoms with van der Waals surface area (Å²) in [5.41, 5.74) is 5.48. The number of rotatable bonds is 3. The number of thioether (sulfide) groups is 1. The summed E-state index contributed by atoms with van der Waals surface area (Å²) in [6.45, 7) is 2.67. The molecular weight excluding hydrogens is 358 g/mol. The summed E-state index contributed by atoms with van der Waals surface area (Å²) in [6, 6.07) is 0.507. The molecule has 0 aromatic carbocycles. The Bertz CT molecular complexity index is 598. The van der Waals surface area contributed by atoms with Crippen LogP contribution in [0.5, 0.6) is 0 Å². The Morgan fingerprint density at radius 3 is 2.56 bits per heavy atom. The van der Waals surface area contributed by atoms with Crippen molar-refractivity contribution in [3.63, 3.8) is 0 Å². The normalized spacial score (nSPS) is 32.2. The molecule has 2 saturated heterocycles. The van der Waals surface area contributed by atoms with Gasteiger partial charge in [-0.3, -0.25) is 9.59 Å². The number of carbonyl (C=O) groups is 2. The second-order valence-electron chi connectivity index (χ2n) is 8.63. The average Bonchev–Trinajstić information content (AvgIpc) is 3.22. The van der Waals surface area contributed by atoms with Crippen LogP contribution in [0.25, 0.3) is 0 Å². The van der Waals surface area contributed by atoms with Crippen molar-refractivity contribution < 1.29 is 9.59 Å². The van der Waals surface area contributed by atoms with Gasteiger partial charge in [0.2, 0.25) is 11.8 Å². The zero-order valence-corrected chi connectivity index (χ0v) is 17.1. The lowest BCUT2D eigenvalue weighted by Gasteiger charge is -2.44. The molecule has 1 aliphatic carbocycles. The molecule has 3 atom stereocenters. The fourth-order valence-electron chi connectivity index (χ4n) is 5.53. The predicted molar refractivity (Wildman–Crippen MR) is 109 cm³/mol. The van der Waals surface area contributed by atoms with Gasteiger partial charge < -0.3 is 15.5 Å². The van der Waals surface area contributed by atoms with Gasteiger partial charge in [-0.2, -0.15) is 0 Å². The lowest BCUT2D eigenvalue weighted by atomic mass is 9.78. The van der Waals surface area contributed by atoms with Crippen molar-refractivity contribution in [2.24, 2.45) is 23.5 Å². The number of likely N-dealkylation sites (tertiary alicyclic amines) is 2. The van der Waals surface area contributed by atoms with E-state index in [4.69, 9.17) is 5.73 Å². The third-order valence-corrected chi connectivity index (χ3v) is 8.39. The number of hydrogen-bond acceptors (Lipinski definition) is 4. The lowest BCUT2D eigenvalue weighted by molar-refractivity contribution is -0.139. The number of nitrogens with two attached hydrogens (primary N) is 1. The third-order valence-electron chi connectivity index (χ3n) is 7.06. The molecule has 0 bridgehead atoms. The molecule has 3 aliphatic heterocycles. The maximum Gasteiger partial charge on any atom is 0.236 e. The molecule has 0 spiro atoms. The van der Waals surface area contributed by atoms with Gasteiger partial charge in [-0.05, 0) is 55.3 Å². The topological polar surface area (TPSA) is 66.6 Å². The zero-order chi connectivity index (χ0) is 18.8. The highest BCUT2D eigenvalue weighted by Gasteiger charge is 2.39. The summed E-state index contributed by atoms with van der Waals surface area (Å²) in [4.78, 5) is 30.6. The van der Waals surface area contributed by atoms with Gasteiger partial charge in [0.15, 0.2) is 0 Å². The fraction of sp³-hybridized carbons (Fsp3) is 0.810. The first-order chi connectivity index (χ1) is 13.2. The molecule has 5 nitrogen and oxygen atoms in total. The van der Waals surface area contributed by atoms with Crippen molar-refractivity contribution in [1.29, 1.82) is 0 Å². The fourth-order valence-corrected chi connectivity index (χ4v) is 6.87. The van der Waals surface area contributed by atoms with Gasteiger partial charge in [-0.15, -0.1) is 11.8 Å². The molecule has 3 unspecified atom stereocenters. The Kier molecular flexibility index (Phi) is 6.12. The van der Waals surface area contributed by atoms with Crippen LogP contribution in [-0.4, -0.2) is 59.6 Å². The molecule has 2 N–H and O–H groups in total. The Labute approximate surface area is 167 Å². The van der Waals surface area contributed by atoms with Gasteiger partial charge in [-0.1, -0.05) is 18.9 Å². The van der Waals surface area contributed by atoms with E-state index in [1.54, 1.807) is 0 Å². The van der Waals surface area contributed by atoms with Crippen molar-refractivity contribution >= 4 is 23.6 Å². The maximum absolute atomic E-state index is 13.3. The van der Waals surface area contributed by atoms with Crippen molar-refractivity contribution in [2.75, 3.05) is 31.9 Å². The number of allylic oxidation sites excluding steroid dienone is 1. The second-order valence-corrected chi connectivity index (χ2v) is 9.72. The van der Waals surface area contributed by atoms with Crippen LogP contribution in [0, 0.1) is 17.8 Å². The van der Waals surface area contributed by atoms with Crippen molar-refractivity contribution in [1.82, 2.24) is 9.80 Å². The molecule has 1 saturated carbocycles. The largest absolute Gasteiger partial charge is 0.342 e. The zero-order valence-electron chi connectivity index (χ0n) is 16.3. The highest BCUT2D eigenvalue weighted by Crippen LogP contribution is 2.41. The molecule has 4 aliphatic rings. The standard InChI is InChI=1S/C21H33N3O2S/c22-13-20(25)23-10-7-16(8-11-23)19-12-17(14-27-19)21(26)24-9-3-5-15-4-1-2-6-18(15)24/h12,15-18H,1-11,13-14,22H2. The molecule has 2 amide bonds. The number of fused-ring (bicyclic) bond motifs is 1. The minimum Gasteiger partial charge on any atom is -0.342 e. The molecule has 3 fully saturated rings. The van der Waals surface area contributed by atoms with Crippen LogP contribution in [0.4, 0.5) is 0 Å². The van der Waals surface area contributed by atoms with Crippen molar-refractivity contribution in [3.05, 3.63) is 11.0 Å². The third kappa shape index (κ3) is 4.07. The molecule has 4 rings (SSSR count). The molecule has 150 valence electrons. The first-order valence-electron chi connectivity index (χ1n) is 10.8. The smallest absolute Gasteiger partial charge is 0.236 e. The van der Waals surface area contributed by atoms with E-state index in [-0.39, 0.29) is 18.4 Å². The van der Waals surface area contributed by atoms with E-state index < -0.39 is 0 Å². The number of amides is 2. The van der Waals surface area contributed by atoms with Crippen LogP contribution >= 0.6 is 11.8 Å². The Hall–Kier alpha value is -1.01. The summed E-state index contributed by atoms with van der Waals surface area (Å²) < 4.78 is 0. The van der Waals surface area contributed by atoms with Gasteiger partial charge in [0, 0.05) is 31.4 Å². The number of carbonyl (C=O) groups excluding carboxylic acids is 2. The molecule has 0 aromatic rings. The quantitative estimate of drug-likeness (QED) is 0.803. The minimum absolute atomic E-state index is 0.0571. The van der Waals surface area contributed by atoms with Crippen LogP contribution < -0.4 is 5.73 Å². The van der Waals surface area contributed by atoms with Crippen LogP contribution in [0.3, 0.4) is 0 Å². The molecule has 0 aromatic heterocycles. The van der Waals surface area contributed by atoms with Crippen LogP contribution in [-0.2, 0) is 9.59 Å². The van der Waals surface area contributed by atoms with E-state index in [0.717, 1.165) is 44.1 Å². The van der Waals surface area contributed by atoms with Gasteiger partial charge in [0.25, 0.3) is 0 Å². The van der Waals surface area contributed by atoms with E-state index in [9.17, 15) is 9.59 Å². The molecule has 3 heterocycles. The summed E-state index contributed by atoms with van der Waals surface area (Å²) in [5.74, 6) is 2.67. The van der Waals surface area contributed by atoms with Crippen LogP contribution in [0.1, 0.15) is 51.4 Å². The monoisotopic (exact) mass is 391 g/mol. The molecule has 0 radical (unpaired) electrons. The van der Waals surface area contributed by atoms with E-state index in [2.05, 4.69) is 11.0 Å². The summed E-state index contributed by atoms with van der Waals surface area (Å²) in [7, 11) is 0. The lowest BCUT2D eigenvalue weighted by Crippen LogP contribution is -2.51. The Morgan fingerprint density at radius 1 is 1.04 bits per heavy atom. The van der Waals surface area contributed by atoms with E-state index in [1.807, 2.05) is 16.7 Å². The van der Waals surface area contributed by atoms with Gasteiger partial charge in [0.05, 0.1) is 12.5 Å². The molecule has 27 heavy (non-hydrogen) atoms. The second kappa shape index (κ2) is 8.56. The van der Waals surface area contributed by atoms with Crippen molar-refractivity contribution in [3.8, 4) is 0 Å². The highest BCUT2D eigenvalue weighted by molar-refractivity contribution is 8.03. The first-order valence-corrected chi connectivity index (χ1v) is 11.8. The Morgan fingerprint density at radius 2 is 1.78 bits per heavy atom. The number of piperidine rings is 2. The van der Waals surface area contributed by atoms with Gasteiger partial charge in [-0.25, -0.2) is 0 Å². The minimum atomic E-state index is 0.0571. The molecule has 6 heteroatoms. The van der Waals surface area contributed by atoms with Gasteiger partial charge in [0.1, 0.15) is 0 Å². The molecular formula is C21H33N3O2S. The number of nitrogens with zero attached hydrogens (tertiary/aromatic N) is 2. The van der Waals surface area contributed by atoms with Crippen molar-refractivity contribution in [2.45, 2.75) is 57.4 Å². The Balaban J connectivity index is 1.36. The van der Waals surface area contributed by atoms with Gasteiger partial charge >= 0.3 is 0 Å². The maximum atomic E-state index is 13.3. The summed E-state index contributed by atoms with van der Waals surface area (Å²) in [6.07, 6.45) is 11.9. The number of hydrogen-bond donors (Lipinski definition) is 1. The van der Waals surface area contributed by atoms with E-state index in [0.29, 0.717) is 17.9 Å². The SMILES string of the molecule is NCC(=O)N1CCC(C2=CC(C(=O)N3CCCC4CCCCC43)CS2)CC1. The average molecular weight is 392 g/mol. The highest BCUT2D eigenvalue weighted by atomic mass is 32.2.